The van der Waals surface area contributed by atoms with E-state index in [2.05, 4.69) is 4.90 Å². The summed E-state index contributed by atoms with van der Waals surface area (Å²) in [5.74, 6) is 1.27. The Morgan fingerprint density at radius 3 is 2.22 bits per heavy atom. The fourth-order valence-corrected chi connectivity index (χ4v) is 2.58. The van der Waals surface area contributed by atoms with Crippen molar-refractivity contribution < 1.29 is 14.3 Å². The minimum absolute atomic E-state index is 0.0387. The van der Waals surface area contributed by atoms with Crippen molar-refractivity contribution in [3.8, 4) is 11.5 Å². The summed E-state index contributed by atoms with van der Waals surface area (Å²) in [6.45, 7) is 0. The molecule has 0 amide bonds. The van der Waals surface area contributed by atoms with Crippen LogP contribution in [0.2, 0.25) is 0 Å². The highest BCUT2D eigenvalue weighted by Crippen LogP contribution is 2.30. The first-order valence-electron chi connectivity index (χ1n) is 7.53. The van der Waals surface area contributed by atoms with Crippen molar-refractivity contribution in [2.45, 2.75) is 12.5 Å². The largest absolute Gasteiger partial charge is 0.493 e. The maximum atomic E-state index is 12.7. The van der Waals surface area contributed by atoms with Crippen LogP contribution in [0.3, 0.4) is 0 Å². The molecule has 0 saturated heterocycles. The molecule has 0 bridgehead atoms. The molecule has 0 aliphatic rings. The lowest BCUT2D eigenvalue weighted by Crippen LogP contribution is -2.23. The molecule has 2 rings (SSSR count). The lowest BCUT2D eigenvalue weighted by atomic mass is 9.97. The zero-order chi connectivity index (χ0) is 16.8. The number of ketones is 1. The Morgan fingerprint density at radius 2 is 1.65 bits per heavy atom. The van der Waals surface area contributed by atoms with Crippen LogP contribution in [0.5, 0.6) is 11.5 Å². The summed E-state index contributed by atoms with van der Waals surface area (Å²) < 4.78 is 10.5. The number of carbonyl (C=O) groups is 1. The highest BCUT2D eigenvalue weighted by molar-refractivity contribution is 5.97. The van der Waals surface area contributed by atoms with Gasteiger partial charge in [-0.05, 0) is 37.9 Å². The molecule has 0 aromatic heterocycles. The van der Waals surface area contributed by atoms with Crippen LogP contribution in [0.1, 0.15) is 28.4 Å². The second-order valence-corrected chi connectivity index (χ2v) is 5.59. The van der Waals surface area contributed by atoms with Gasteiger partial charge in [-0.3, -0.25) is 4.79 Å². The van der Waals surface area contributed by atoms with Gasteiger partial charge in [0.15, 0.2) is 17.3 Å². The highest BCUT2D eigenvalue weighted by Gasteiger charge is 2.20. The van der Waals surface area contributed by atoms with Crippen LogP contribution in [0.4, 0.5) is 0 Å². The molecular formula is C19H23NO3. The van der Waals surface area contributed by atoms with Crippen LogP contribution in [-0.4, -0.2) is 39.0 Å². The van der Waals surface area contributed by atoms with Crippen molar-refractivity contribution in [1.29, 1.82) is 0 Å². The molecule has 4 nitrogen and oxygen atoms in total. The number of carbonyl (C=O) groups excluding carboxylic acids is 1. The van der Waals surface area contributed by atoms with Gasteiger partial charge in [0.2, 0.25) is 0 Å². The molecule has 0 saturated carbocycles. The van der Waals surface area contributed by atoms with Gasteiger partial charge in [-0.25, -0.2) is 0 Å². The van der Waals surface area contributed by atoms with Crippen molar-refractivity contribution >= 4 is 5.78 Å². The monoisotopic (exact) mass is 313 g/mol. The minimum Gasteiger partial charge on any atom is -0.493 e. The minimum atomic E-state index is 0.0387. The Kier molecular flexibility index (Phi) is 5.77. The quantitative estimate of drug-likeness (QED) is 0.732. The molecule has 0 N–H and O–H groups in total. The summed E-state index contributed by atoms with van der Waals surface area (Å²) in [5, 5.41) is 0. The van der Waals surface area contributed by atoms with Gasteiger partial charge in [0.1, 0.15) is 0 Å². The van der Waals surface area contributed by atoms with E-state index in [1.807, 2.05) is 44.4 Å². The van der Waals surface area contributed by atoms with Crippen LogP contribution >= 0.6 is 0 Å². The Morgan fingerprint density at radius 1 is 1.00 bits per heavy atom. The molecular weight excluding hydrogens is 290 g/mol. The molecule has 1 unspecified atom stereocenters. The van der Waals surface area contributed by atoms with Gasteiger partial charge in [0.25, 0.3) is 0 Å². The van der Waals surface area contributed by atoms with Gasteiger partial charge in [0.05, 0.1) is 14.2 Å². The lowest BCUT2D eigenvalue weighted by molar-refractivity contribution is 0.0943. The fraction of sp³-hybridized carbons (Fsp3) is 0.316. The summed E-state index contributed by atoms with van der Waals surface area (Å²) in [6, 6.07) is 15.4. The first-order valence-corrected chi connectivity index (χ1v) is 7.53. The third-order valence-electron chi connectivity index (χ3n) is 3.89. The molecule has 0 spiro atoms. The van der Waals surface area contributed by atoms with Crippen LogP contribution in [0, 0.1) is 0 Å². The molecule has 0 heterocycles. The zero-order valence-electron chi connectivity index (χ0n) is 14.1. The van der Waals surface area contributed by atoms with E-state index in [1.54, 1.807) is 32.4 Å². The number of benzene rings is 2. The Labute approximate surface area is 137 Å². The Bertz CT molecular complexity index is 653. The van der Waals surface area contributed by atoms with Crippen LogP contribution in [0.25, 0.3) is 0 Å². The Balaban J connectivity index is 2.22. The van der Waals surface area contributed by atoms with E-state index in [1.165, 1.54) is 0 Å². The molecule has 0 radical (unpaired) electrons. The van der Waals surface area contributed by atoms with E-state index < -0.39 is 0 Å². The fourth-order valence-electron chi connectivity index (χ4n) is 2.58. The number of Topliss-reactive ketones (excluding diaryl/α,β-unsaturated/α-hetero) is 1. The number of nitrogens with zero attached hydrogens (tertiary/aromatic N) is 1. The number of rotatable bonds is 7. The average molecular weight is 313 g/mol. The molecule has 2 aromatic carbocycles. The van der Waals surface area contributed by atoms with Crippen molar-refractivity contribution in [1.82, 2.24) is 4.90 Å². The van der Waals surface area contributed by atoms with E-state index in [0.717, 1.165) is 5.56 Å². The SMILES string of the molecule is COc1ccc(C(=O)CC(c2ccccc2)N(C)C)cc1OC. The second-order valence-electron chi connectivity index (χ2n) is 5.59. The number of hydrogen-bond acceptors (Lipinski definition) is 4. The zero-order valence-corrected chi connectivity index (χ0v) is 14.1. The molecule has 1 atom stereocenters. The molecule has 4 heteroatoms. The van der Waals surface area contributed by atoms with Gasteiger partial charge >= 0.3 is 0 Å². The third-order valence-corrected chi connectivity index (χ3v) is 3.89. The van der Waals surface area contributed by atoms with Crippen molar-refractivity contribution in [3.05, 3.63) is 59.7 Å². The maximum absolute atomic E-state index is 12.7. The Hall–Kier alpha value is -2.33. The maximum Gasteiger partial charge on any atom is 0.164 e. The first kappa shape index (κ1) is 17.0. The molecule has 23 heavy (non-hydrogen) atoms. The third kappa shape index (κ3) is 4.11. The van der Waals surface area contributed by atoms with E-state index in [-0.39, 0.29) is 11.8 Å². The van der Waals surface area contributed by atoms with Crippen LogP contribution < -0.4 is 9.47 Å². The molecule has 2 aromatic rings. The van der Waals surface area contributed by atoms with Crippen molar-refractivity contribution in [2.75, 3.05) is 28.3 Å². The smallest absolute Gasteiger partial charge is 0.164 e. The normalized spacial score (nSPS) is 12.0. The van der Waals surface area contributed by atoms with E-state index in [0.29, 0.717) is 23.5 Å². The molecule has 0 aliphatic carbocycles. The standard InChI is InChI=1S/C19H23NO3/c1-20(2)16(14-8-6-5-7-9-14)13-17(21)15-10-11-18(22-3)19(12-15)23-4/h5-12,16H,13H2,1-4H3. The van der Waals surface area contributed by atoms with E-state index >= 15 is 0 Å². The van der Waals surface area contributed by atoms with E-state index in [9.17, 15) is 4.79 Å². The van der Waals surface area contributed by atoms with Crippen LogP contribution in [-0.2, 0) is 0 Å². The topological polar surface area (TPSA) is 38.8 Å². The van der Waals surface area contributed by atoms with Gasteiger partial charge in [-0.1, -0.05) is 30.3 Å². The lowest BCUT2D eigenvalue weighted by Gasteiger charge is -2.24. The van der Waals surface area contributed by atoms with Crippen molar-refractivity contribution in [2.24, 2.45) is 0 Å². The average Bonchev–Trinajstić information content (AvgIpc) is 2.59. The predicted molar refractivity (Wildman–Crippen MR) is 91.4 cm³/mol. The molecule has 0 fully saturated rings. The number of hydrogen-bond donors (Lipinski definition) is 0. The summed E-state index contributed by atoms with van der Waals surface area (Å²) in [4.78, 5) is 14.7. The second kappa shape index (κ2) is 7.79. The summed E-state index contributed by atoms with van der Waals surface area (Å²) in [5.41, 5.74) is 1.76. The first-order chi connectivity index (χ1) is 11.1. The predicted octanol–water partition coefficient (Wildman–Crippen LogP) is 3.58. The number of methoxy groups -OCH3 is 2. The highest BCUT2D eigenvalue weighted by atomic mass is 16.5. The van der Waals surface area contributed by atoms with Crippen molar-refractivity contribution in [3.63, 3.8) is 0 Å². The summed E-state index contributed by atoms with van der Waals surface area (Å²) in [6.07, 6.45) is 0.409. The van der Waals surface area contributed by atoms with Crippen LogP contribution in [0.15, 0.2) is 48.5 Å². The summed E-state index contributed by atoms with van der Waals surface area (Å²) in [7, 11) is 7.12. The van der Waals surface area contributed by atoms with Gasteiger partial charge in [-0.15, -0.1) is 0 Å². The van der Waals surface area contributed by atoms with Gasteiger partial charge in [0, 0.05) is 18.0 Å². The van der Waals surface area contributed by atoms with Gasteiger partial charge < -0.3 is 14.4 Å². The van der Waals surface area contributed by atoms with Gasteiger partial charge in [-0.2, -0.15) is 0 Å². The molecule has 122 valence electrons. The molecule has 0 aliphatic heterocycles. The number of ether oxygens (including phenoxy) is 2. The van der Waals surface area contributed by atoms with E-state index in [4.69, 9.17) is 9.47 Å². The summed E-state index contributed by atoms with van der Waals surface area (Å²) >= 11 is 0.